The Morgan fingerprint density at radius 3 is 2.48 bits per heavy atom. The van der Waals surface area contributed by atoms with Crippen LogP contribution in [-0.2, 0) is 17.8 Å². The van der Waals surface area contributed by atoms with Crippen LogP contribution in [0.25, 0.3) is 0 Å². The molecule has 160 valence electrons. The first kappa shape index (κ1) is 21.0. The standard InChI is InChI=1S/C25H24F2N2O2/c26-21-12-18(13-22(27)15-21)14-25(30)28-10-11-29-16-20-8-4-5-9-23(20)31-24(17-29)19-6-2-1-3-7-19/h1-9,12-13,15,24H,10-11,14,16-17H2,(H,28,30)/t24-/m1/s1. The number of hydrogen-bond acceptors (Lipinski definition) is 3. The van der Waals surface area contributed by atoms with Crippen LogP contribution in [0.4, 0.5) is 8.78 Å². The molecule has 1 atom stereocenters. The van der Waals surface area contributed by atoms with E-state index in [4.69, 9.17) is 4.74 Å². The molecule has 4 nitrogen and oxygen atoms in total. The van der Waals surface area contributed by atoms with E-state index in [0.717, 1.165) is 22.9 Å². The van der Waals surface area contributed by atoms with Crippen molar-refractivity contribution >= 4 is 5.91 Å². The van der Waals surface area contributed by atoms with Crippen LogP contribution in [0, 0.1) is 11.6 Å². The molecule has 3 aromatic rings. The molecule has 4 rings (SSSR count). The summed E-state index contributed by atoms with van der Waals surface area (Å²) < 4.78 is 32.9. The minimum Gasteiger partial charge on any atom is -0.484 e. The molecule has 1 aliphatic heterocycles. The monoisotopic (exact) mass is 422 g/mol. The molecule has 0 unspecified atom stereocenters. The zero-order chi connectivity index (χ0) is 21.6. The minimum atomic E-state index is -0.682. The van der Waals surface area contributed by atoms with E-state index < -0.39 is 11.6 Å². The number of nitrogens with one attached hydrogen (secondary N) is 1. The number of benzene rings is 3. The van der Waals surface area contributed by atoms with Crippen LogP contribution in [0.15, 0.2) is 72.8 Å². The van der Waals surface area contributed by atoms with Crippen LogP contribution in [0.3, 0.4) is 0 Å². The molecule has 31 heavy (non-hydrogen) atoms. The Balaban J connectivity index is 1.38. The fourth-order valence-corrected chi connectivity index (χ4v) is 3.81. The number of rotatable bonds is 6. The second-order valence-corrected chi connectivity index (χ2v) is 7.66. The molecule has 1 aliphatic rings. The molecule has 0 saturated heterocycles. The number of amides is 1. The predicted molar refractivity (Wildman–Crippen MR) is 115 cm³/mol. The smallest absolute Gasteiger partial charge is 0.224 e. The Morgan fingerprint density at radius 2 is 1.71 bits per heavy atom. The zero-order valence-electron chi connectivity index (χ0n) is 17.1. The van der Waals surface area contributed by atoms with Gasteiger partial charge in [0, 0.05) is 37.8 Å². The Bertz CT molecular complexity index is 1020. The van der Waals surface area contributed by atoms with E-state index in [1.807, 2.05) is 42.5 Å². The van der Waals surface area contributed by atoms with Gasteiger partial charge in [0.1, 0.15) is 23.5 Å². The summed E-state index contributed by atoms with van der Waals surface area (Å²) in [6, 6.07) is 21.2. The number of carbonyl (C=O) groups excluding carboxylic acids is 1. The van der Waals surface area contributed by atoms with Gasteiger partial charge < -0.3 is 10.1 Å². The van der Waals surface area contributed by atoms with Gasteiger partial charge in [-0.3, -0.25) is 9.69 Å². The molecule has 1 N–H and O–H groups in total. The fourth-order valence-electron chi connectivity index (χ4n) is 3.81. The molecular weight excluding hydrogens is 398 g/mol. The summed E-state index contributed by atoms with van der Waals surface area (Å²) >= 11 is 0. The molecule has 0 aliphatic carbocycles. The van der Waals surface area contributed by atoms with E-state index in [0.29, 0.717) is 31.7 Å². The van der Waals surface area contributed by atoms with E-state index in [-0.39, 0.29) is 18.4 Å². The average molecular weight is 422 g/mol. The molecule has 1 amide bonds. The van der Waals surface area contributed by atoms with Crippen molar-refractivity contribution in [1.29, 1.82) is 0 Å². The molecule has 0 spiro atoms. The molecular formula is C25H24F2N2O2. The Hall–Kier alpha value is -3.25. The van der Waals surface area contributed by atoms with Gasteiger partial charge in [0.2, 0.25) is 5.91 Å². The van der Waals surface area contributed by atoms with Crippen molar-refractivity contribution in [2.45, 2.75) is 19.1 Å². The highest BCUT2D eigenvalue weighted by Gasteiger charge is 2.24. The number of ether oxygens (including phenoxy) is 1. The Kier molecular flexibility index (Phi) is 6.57. The largest absolute Gasteiger partial charge is 0.484 e. The average Bonchev–Trinajstić information content (AvgIpc) is 2.93. The summed E-state index contributed by atoms with van der Waals surface area (Å²) in [6.45, 7) is 2.46. The highest BCUT2D eigenvalue weighted by Crippen LogP contribution is 2.30. The highest BCUT2D eigenvalue weighted by molar-refractivity contribution is 5.78. The number of fused-ring (bicyclic) bond motifs is 1. The van der Waals surface area contributed by atoms with Crippen molar-refractivity contribution in [2.24, 2.45) is 0 Å². The molecule has 0 bridgehead atoms. The minimum absolute atomic E-state index is 0.0622. The normalized spacial score (nSPS) is 16.1. The van der Waals surface area contributed by atoms with Crippen molar-refractivity contribution in [2.75, 3.05) is 19.6 Å². The van der Waals surface area contributed by atoms with Gasteiger partial charge in [0.25, 0.3) is 0 Å². The second kappa shape index (κ2) is 9.71. The third-order valence-electron chi connectivity index (χ3n) is 5.27. The van der Waals surface area contributed by atoms with Crippen LogP contribution in [0.2, 0.25) is 0 Å². The van der Waals surface area contributed by atoms with Crippen molar-refractivity contribution in [3.05, 3.63) is 101 Å². The van der Waals surface area contributed by atoms with Crippen molar-refractivity contribution < 1.29 is 18.3 Å². The predicted octanol–water partition coefficient (Wildman–Crippen LogP) is 4.26. The van der Waals surface area contributed by atoms with Gasteiger partial charge >= 0.3 is 0 Å². The van der Waals surface area contributed by atoms with Gasteiger partial charge in [-0.1, -0.05) is 48.5 Å². The third kappa shape index (κ3) is 5.67. The van der Waals surface area contributed by atoms with Gasteiger partial charge in [-0.05, 0) is 29.3 Å². The lowest BCUT2D eigenvalue weighted by molar-refractivity contribution is -0.120. The van der Waals surface area contributed by atoms with Crippen LogP contribution < -0.4 is 10.1 Å². The third-order valence-corrected chi connectivity index (χ3v) is 5.27. The molecule has 0 radical (unpaired) electrons. The van der Waals surface area contributed by atoms with E-state index in [1.54, 1.807) is 0 Å². The molecule has 0 aromatic heterocycles. The van der Waals surface area contributed by atoms with Gasteiger partial charge in [0.15, 0.2) is 0 Å². The van der Waals surface area contributed by atoms with Crippen molar-refractivity contribution in [1.82, 2.24) is 10.2 Å². The molecule has 0 saturated carbocycles. The Morgan fingerprint density at radius 1 is 1.00 bits per heavy atom. The number of hydrogen-bond donors (Lipinski definition) is 1. The number of carbonyl (C=O) groups is 1. The SMILES string of the molecule is O=C(Cc1cc(F)cc(F)c1)NCCN1Cc2ccccc2O[C@@H](c2ccccc2)C1. The maximum absolute atomic E-state index is 13.3. The first-order valence-electron chi connectivity index (χ1n) is 10.3. The van der Waals surface area contributed by atoms with Gasteiger partial charge in [-0.2, -0.15) is 0 Å². The van der Waals surface area contributed by atoms with Crippen LogP contribution >= 0.6 is 0 Å². The molecule has 3 aromatic carbocycles. The quantitative estimate of drug-likeness (QED) is 0.646. The summed E-state index contributed by atoms with van der Waals surface area (Å²) in [4.78, 5) is 14.5. The maximum Gasteiger partial charge on any atom is 0.224 e. The summed E-state index contributed by atoms with van der Waals surface area (Å²) in [7, 11) is 0. The van der Waals surface area contributed by atoms with Crippen LogP contribution in [0.1, 0.15) is 22.8 Å². The van der Waals surface area contributed by atoms with E-state index in [1.165, 1.54) is 12.1 Å². The lowest BCUT2D eigenvalue weighted by atomic mass is 10.1. The first-order chi connectivity index (χ1) is 15.1. The lowest BCUT2D eigenvalue weighted by Gasteiger charge is -2.24. The van der Waals surface area contributed by atoms with E-state index in [2.05, 4.69) is 22.3 Å². The number of nitrogens with zero attached hydrogens (tertiary/aromatic N) is 1. The maximum atomic E-state index is 13.3. The van der Waals surface area contributed by atoms with E-state index in [9.17, 15) is 13.6 Å². The van der Waals surface area contributed by atoms with Gasteiger partial charge in [0.05, 0.1) is 6.42 Å². The molecule has 1 heterocycles. The number of para-hydroxylation sites is 1. The second-order valence-electron chi connectivity index (χ2n) is 7.66. The topological polar surface area (TPSA) is 41.6 Å². The summed E-state index contributed by atoms with van der Waals surface area (Å²) in [5.41, 5.74) is 2.51. The molecule has 6 heteroatoms. The van der Waals surface area contributed by atoms with Crippen LogP contribution in [0.5, 0.6) is 5.75 Å². The van der Waals surface area contributed by atoms with E-state index >= 15 is 0 Å². The Labute approximate surface area is 180 Å². The van der Waals surface area contributed by atoms with Gasteiger partial charge in [-0.25, -0.2) is 8.78 Å². The lowest BCUT2D eigenvalue weighted by Crippen LogP contribution is -2.37. The van der Waals surface area contributed by atoms with Gasteiger partial charge in [-0.15, -0.1) is 0 Å². The summed E-state index contributed by atoms with van der Waals surface area (Å²) in [5, 5.41) is 2.85. The highest BCUT2D eigenvalue weighted by atomic mass is 19.1. The number of halogens is 2. The fraction of sp³-hybridized carbons (Fsp3) is 0.240. The first-order valence-corrected chi connectivity index (χ1v) is 10.3. The summed E-state index contributed by atoms with van der Waals surface area (Å²) in [5.74, 6) is -0.761. The van der Waals surface area contributed by atoms with Crippen molar-refractivity contribution in [3.63, 3.8) is 0 Å². The zero-order valence-corrected chi connectivity index (χ0v) is 17.1. The molecule has 0 fully saturated rings. The van der Waals surface area contributed by atoms with Crippen LogP contribution in [-0.4, -0.2) is 30.4 Å². The summed E-state index contributed by atoms with van der Waals surface area (Å²) in [6.07, 6.45) is -0.177. The van der Waals surface area contributed by atoms with Crippen molar-refractivity contribution in [3.8, 4) is 5.75 Å².